The summed E-state index contributed by atoms with van der Waals surface area (Å²) in [5.74, 6) is -0.432. The topological polar surface area (TPSA) is 87.7 Å². The van der Waals surface area contributed by atoms with Crippen LogP contribution in [0.25, 0.3) is 0 Å². The van der Waals surface area contributed by atoms with Gasteiger partial charge in [-0.25, -0.2) is 4.39 Å². The van der Waals surface area contributed by atoms with Gasteiger partial charge in [-0.05, 0) is 36.8 Å². The van der Waals surface area contributed by atoms with E-state index in [1.54, 1.807) is 36.1 Å². The number of benzene rings is 2. The van der Waals surface area contributed by atoms with Gasteiger partial charge < -0.3 is 20.3 Å². The van der Waals surface area contributed by atoms with Crippen LogP contribution in [0.1, 0.15) is 18.9 Å². The highest BCUT2D eigenvalue weighted by molar-refractivity contribution is 6.00. The summed E-state index contributed by atoms with van der Waals surface area (Å²) < 4.78 is 18.7. The first kappa shape index (κ1) is 21.3. The lowest BCUT2D eigenvalue weighted by molar-refractivity contribution is -0.126. The number of nitrogens with one attached hydrogen (secondary N) is 2. The Kier molecular flexibility index (Phi) is 7.00. The smallest absolute Gasteiger partial charge is 0.267 e. The predicted octanol–water partition coefficient (Wildman–Crippen LogP) is 1.80. The summed E-state index contributed by atoms with van der Waals surface area (Å²) in [6.07, 6.45) is -0.400. The van der Waals surface area contributed by atoms with Crippen LogP contribution in [0.4, 0.5) is 10.1 Å². The molecule has 8 heteroatoms. The van der Waals surface area contributed by atoms with Crippen molar-refractivity contribution in [1.29, 1.82) is 0 Å². The maximum atomic E-state index is 13.1. The Balaban J connectivity index is 1.39. The fourth-order valence-electron chi connectivity index (χ4n) is 3.19. The lowest BCUT2D eigenvalue weighted by atomic mass is 10.1. The molecule has 0 aliphatic carbocycles. The monoisotopic (exact) mass is 413 g/mol. The molecule has 0 saturated heterocycles. The van der Waals surface area contributed by atoms with E-state index in [2.05, 4.69) is 10.6 Å². The highest BCUT2D eigenvalue weighted by Crippen LogP contribution is 2.33. The van der Waals surface area contributed by atoms with E-state index in [1.807, 2.05) is 12.1 Å². The molecule has 0 aromatic heterocycles. The summed E-state index contributed by atoms with van der Waals surface area (Å²) in [7, 11) is 0. The number of hydrogen-bond donors (Lipinski definition) is 2. The maximum absolute atomic E-state index is 13.1. The fourth-order valence-corrected chi connectivity index (χ4v) is 3.19. The molecule has 3 amide bonds. The number of carbonyl (C=O) groups is 3. The number of halogens is 1. The minimum absolute atomic E-state index is 0.0719. The minimum atomic E-state index is -0.601. The third-order valence-electron chi connectivity index (χ3n) is 4.66. The molecule has 0 fully saturated rings. The van der Waals surface area contributed by atoms with Gasteiger partial charge in [0.25, 0.3) is 5.91 Å². The van der Waals surface area contributed by atoms with E-state index in [9.17, 15) is 18.8 Å². The number of anilines is 1. The predicted molar refractivity (Wildman–Crippen MR) is 110 cm³/mol. The number of nitrogens with zero attached hydrogens (tertiary/aromatic N) is 1. The molecule has 1 aliphatic rings. The molecule has 1 heterocycles. The van der Waals surface area contributed by atoms with Gasteiger partial charge in [0.15, 0.2) is 6.10 Å². The first-order valence-corrected chi connectivity index (χ1v) is 9.79. The van der Waals surface area contributed by atoms with Crippen molar-refractivity contribution in [2.45, 2.75) is 25.9 Å². The van der Waals surface area contributed by atoms with E-state index in [0.29, 0.717) is 17.0 Å². The Morgan fingerprint density at radius 1 is 1.07 bits per heavy atom. The zero-order chi connectivity index (χ0) is 21.5. The van der Waals surface area contributed by atoms with Gasteiger partial charge in [-0.1, -0.05) is 24.3 Å². The van der Waals surface area contributed by atoms with Crippen molar-refractivity contribution in [1.82, 2.24) is 10.6 Å². The average molecular weight is 413 g/mol. The summed E-state index contributed by atoms with van der Waals surface area (Å²) in [6.45, 7) is 2.44. The van der Waals surface area contributed by atoms with Crippen LogP contribution in [0.5, 0.6) is 5.75 Å². The SMILES string of the molecule is CC1Oc2ccccc2N(CCC(=O)NCCNC(=O)Cc2cccc(F)c2)C1=O. The molecule has 0 radical (unpaired) electrons. The zero-order valence-electron chi connectivity index (χ0n) is 16.7. The first-order valence-electron chi connectivity index (χ1n) is 9.79. The second-order valence-corrected chi connectivity index (χ2v) is 6.97. The number of carbonyl (C=O) groups excluding carboxylic acids is 3. The van der Waals surface area contributed by atoms with Crippen LogP contribution in [0, 0.1) is 5.82 Å². The van der Waals surface area contributed by atoms with Gasteiger partial charge in [-0.2, -0.15) is 0 Å². The summed E-state index contributed by atoms with van der Waals surface area (Å²) in [5, 5.41) is 5.40. The van der Waals surface area contributed by atoms with E-state index in [4.69, 9.17) is 4.74 Å². The van der Waals surface area contributed by atoms with Crippen LogP contribution in [0.15, 0.2) is 48.5 Å². The average Bonchev–Trinajstić information content (AvgIpc) is 2.71. The van der Waals surface area contributed by atoms with Crippen LogP contribution in [-0.2, 0) is 20.8 Å². The Hall–Kier alpha value is -3.42. The number of ether oxygens (including phenoxy) is 1. The number of hydrogen-bond acceptors (Lipinski definition) is 4. The Morgan fingerprint density at radius 3 is 2.57 bits per heavy atom. The summed E-state index contributed by atoms with van der Waals surface area (Å²) >= 11 is 0. The molecule has 0 spiro atoms. The molecular formula is C22H24FN3O4. The van der Waals surface area contributed by atoms with Gasteiger partial charge in [0.05, 0.1) is 12.1 Å². The molecule has 2 aromatic carbocycles. The van der Waals surface area contributed by atoms with Gasteiger partial charge in [-0.3, -0.25) is 14.4 Å². The molecule has 2 N–H and O–H groups in total. The Morgan fingerprint density at radius 2 is 1.80 bits per heavy atom. The second kappa shape index (κ2) is 9.87. The standard InChI is InChI=1S/C22H24FN3O4/c1-15-22(29)26(18-7-2-3-8-19(18)30-15)12-9-20(27)24-10-11-25-21(28)14-16-5-4-6-17(23)13-16/h2-8,13,15H,9-12,14H2,1H3,(H,24,27)(H,25,28). The molecule has 0 saturated carbocycles. The lowest BCUT2D eigenvalue weighted by Gasteiger charge is -2.32. The summed E-state index contributed by atoms with van der Waals surface area (Å²) in [5.41, 5.74) is 1.24. The van der Waals surface area contributed by atoms with Gasteiger partial charge in [0, 0.05) is 26.1 Å². The molecule has 2 aromatic rings. The summed E-state index contributed by atoms with van der Waals surface area (Å²) in [6, 6.07) is 13.1. The number of rotatable bonds is 8. The van der Waals surface area contributed by atoms with Crippen LogP contribution < -0.4 is 20.3 Å². The second-order valence-electron chi connectivity index (χ2n) is 6.97. The van der Waals surface area contributed by atoms with E-state index < -0.39 is 6.10 Å². The third-order valence-corrected chi connectivity index (χ3v) is 4.66. The van der Waals surface area contributed by atoms with Crippen LogP contribution in [-0.4, -0.2) is 43.5 Å². The van der Waals surface area contributed by atoms with Gasteiger partial charge in [-0.15, -0.1) is 0 Å². The Labute approximate surface area is 174 Å². The highest BCUT2D eigenvalue weighted by Gasteiger charge is 2.31. The van der Waals surface area contributed by atoms with Gasteiger partial charge in [0.1, 0.15) is 11.6 Å². The van der Waals surface area contributed by atoms with Crippen molar-refractivity contribution in [3.63, 3.8) is 0 Å². The summed E-state index contributed by atoms with van der Waals surface area (Å²) in [4.78, 5) is 38.0. The first-order chi connectivity index (χ1) is 14.4. The molecule has 7 nitrogen and oxygen atoms in total. The van der Waals surface area contributed by atoms with Crippen molar-refractivity contribution >= 4 is 23.4 Å². The van der Waals surface area contributed by atoms with Gasteiger partial charge >= 0.3 is 0 Å². The van der Waals surface area contributed by atoms with Crippen molar-refractivity contribution < 1.29 is 23.5 Å². The minimum Gasteiger partial charge on any atom is -0.479 e. The van der Waals surface area contributed by atoms with Crippen LogP contribution in [0.2, 0.25) is 0 Å². The largest absolute Gasteiger partial charge is 0.479 e. The van der Waals surface area contributed by atoms with E-state index >= 15 is 0 Å². The molecular weight excluding hydrogens is 389 g/mol. The fraction of sp³-hybridized carbons (Fsp3) is 0.318. The number of para-hydroxylation sites is 2. The number of amides is 3. The van der Waals surface area contributed by atoms with Crippen LogP contribution >= 0.6 is 0 Å². The normalized spacial score (nSPS) is 15.2. The lowest BCUT2D eigenvalue weighted by Crippen LogP contribution is -2.46. The molecule has 1 atom stereocenters. The van der Waals surface area contributed by atoms with Crippen LogP contribution in [0.3, 0.4) is 0 Å². The van der Waals surface area contributed by atoms with Crippen molar-refractivity contribution in [2.75, 3.05) is 24.5 Å². The number of fused-ring (bicyclic) bond motifs is 1. The maximum Gasteiger partial charge on any atom is 0.267 e. The molecule has 1 aliphatic heterocycles. The third kappa shape index (κ3) is 5.56. The molecule has 0 bridgehead atoms. The van der Waals surface area contributed by atoms with Crippen molar-refractivity contribution in [2.24, 2.45) is 0 Å². The van der Waals surface area contributed by atoms with E-state index in [1.165, 1.54) is 12.1 Å². The zero-order valence-corrected chi connectivity index (χ0v) is 16.7. The van der Waals surface area contributed by atoms with E-state index in [0.717, 1.165) is 0 Å². The molecule has 30 heavy (non-hydrogen) atoms. The van der Waals surface area contributed by atoms with Crippen molar-refractivity contribution in [3.05, 3.63) is 59.9 Å². The molecule has 158 valence electrons. The molecule has 3 rings (SSSR count). The molecule has 1 unspecified atom stereocenters. The van der Waals surface area contributed by atoms with Gasteiger partial charge in [0.2, 0.25) is 11.8 Å². The highest BCUT2D eigenvalue weighted by atomic mass is 19.1. The van der Waals surface area contributed by atoms with Crippen molar-refractivity contribution in [3.8, 4) is 5.75 Å². The quantitative estimate of drug-likeness (QED) is 0.646. The van der Waals surface area contributed by atoms with E-state index in [-0.39, 0.29) is 56.0 Å². The Bertz CT molecular complexity index is 934.